The van der Waals surface area contributed by atoms with E-state index in [-0.39, 0.29) is 12.1 Å². The Morgan fingerprint density at radius 3 is 2.41 bits per heavy atom. The number of rotatable bonds is 4. The zero-order valence-electron chi connectivity index (χ0n) is 14.5. The molecule has 1 aliphatic rings. The lowest BCUT2D eigenvalue weighted by Crippen LogP contribution is -2.36. The highest BCUT2D eigenvalue weighted by Crippen LogP contribution is 2.23. The predicted octanol–water partition coefficient (Wildman–Crippen LogP) is 3.37. The number of amides is 1. The first-order valence-electron chi connectivity index (χ1n) is 7.95. The van der Waals surface area contributed by atoms with Gasteiger partial charge in [-0.2, -0.15) is 0 Å². The van der Waals surface area contributed by atoms with E-state index in [4.69, 9.17) is 4.74 Å². The fourth-order valence-corrected chi connectivity index (χ4v) is 2.49. The van der Waals surface area contributed by atoms with Gasteiger partial charge in [-0.05, 0) is 70.2 Å². The largest absolute Gasteiger partial charge is 0.444 e. The van der Waals surface area contributed by atoms with E-state index in [1.54, 1.807) is 0 Å². The normalized spacial score (nSPS) is 20.6. The zero-order chi connectivity index (χ0) is 16.5. The van der Waals surface area contributed by atoms with Crippen LogP contribution in [0.3, 0.4) is 0 Å². The van der Waals surface area contributed by atoms with Crippen molar-refractivity contribution in [1.29, 1.82) is 0 Å². The molecule has 0 heterocycles. The summed E-state index contributed by atoms with van der Waals surface area (Å²) < 4.78 is 5.27. The number of benzene rings is 1. The minimum Gasteiger partial charge on any atom is -0.444 e. The maximum atomic E-state index is 11.7. The van der Waals surface area contributed by atoms with Crippen LogP contribution in [0.15, 0.2) is 12.1 Å². The zero-order valence-corrected chi connectivity index (χ0v) is 14.5. The summed E-state index contributed by atoms with van der Waals surface area (Å²) in [5.41, 5.74) is 4.84. The topological polar surface area (TPSA) is 50.4 Å². The van der Waals surface area contributed by atoms with Gasteiger partial charge in [-0.25, -0.2) is 4.79 Å². The number of ether oxygens (including phenoxy) is 1. The highest BCUT2D eigenvalue weighted by Gasteiger charge is 2.38. The molecule has 2 rings (SSSR count). The molecule has 22 heavy (non-hydrogen) atoms. The van der Waals surface area contributed by atoms with Gasteiger partial charge in [0.05, 0.1) is 0 Å². The van der Waals surface area contributed by atoms with E-state index in [1.807, 2.05) is 20.8 Å². The van der Waals surface area contributed by atoms with Crippen LogP contribution < -0.4 is 10.6 Å². The number of nitrogens with one attached hydrogen (secondary N) is 2. The molecule has 4 nitrogen and oxygen atoms in total. The number of carbonyl (C=O) groups excluding carboxylic acids is 1. The molecule has 1 aromatic rings. The van der Waals surface area contributed by atoms with E-state index in [0.29, 0.717) is 6.04 Å². The molecule has 2 N–H and O–H groups in total. The van der Waals surface area contributed by atoms with Gasteiger partial charge in [0.25, 0.3) is 0 Å². The minimum atomic E-state index is -0.446. The molecule has 4 heteroatoms. The van der Waals surface area contributed by atoms with Crippen LogP contribution >= 0.6 is 0 Å². The number of carbonyl (C=O) groups is 1. The van der Waals surface area contributed by atoms with Crippen molar-refractivity contribution in [3.05, 3.63) is 34.4 Å². The third-order valence-corrected chi connectivity index (χ3v) is 4.00. The Morgan fingerprint density at radius 1 is 1.14 bits per heavy atom. The van der Waals surface area contributed by atoms with Gasteiger partial charge in [-0.3, -0.25) is 0 Å². The van der Waals surface area contributed by atoms with Crippen molar-refractivity contribution in [2.75, 3.05) is 0 Å². The molecule has 1 saturated carbocycles. The average molecular weight is 304 g/mol. The number of alkyl carbamates (subject to hydrolysis) is 1. The second kappa shape index (κ2) is 6.29. The molecule has 2 atom stereocenters. The Bertz CT molecular complexity index is 561. The summed E-state index contributed by atoms with van der Waals surface area (Å²) in [5.74, 6) is 0. The smallest absolute Gasteiger partial charge is 0.407 e. The Balaban J connectivity index is 1.78. The van der Waals surface area contributed by atoms with Gasteiger partial charge in [0, 0.05) is 18.6 Å². The summed E-state index contributed by atoms with van der Waals surface area (Å²) in [7, 11) is 0. The fraction of sp³-hybridized carbons (Fsp3) is 0.611. The third kappa shape index (κ3) is 4.73. The van der Waals surface area contributed by atoms with Crippen LogP contribution in [0, 0.1) is 20.8 Å². The Hall–Kier alpha value is -1.55. The van der Waals surface area contributed by atoms with Crippen LogP contribution in [-0.4, -0.2) is 23.8 Å². The summed E-state index contributed by atoms with van der Waals surface area (Å²) in [6.07, 6.45) is 0.632. The van der Waals surface area contributed by atoms with Crippen LogP contribution in [0.4, 0.5) is 4.79 Å². The van der Waals surface area contributed by atoms with Gasteiger partial charge in [-0.15, -0.1) is 0 Å². The van der Waals surface area contributed by atoms with Crippen LogP contribution in [0.25, 0.3) is 0 Å². The molecule has 0 radical (unpaired) electrons. The first-order chi connectivity index (χ1) is 10.2. The van der Waals surface area contributed by atoms with E-state index in [9.17, 15) is 4.79 Å². The Labute approximate surface area is 133 Å². The molecule has 0 aromatic heterocycles. The van der Waals surface area contributed by atoms with Crippen LogP contribution in [0.5, 0.6) is 0 Å². The standard InChI is InChI=1S/C18H28N2O2/c1-11-7-13(3)14(8-12(11)2)10-19-15-9-16(15)20-17(21)22-18(4,5)6/h7-8,15-16,19H,9-10H2,1-6H3,(H,20,21). The quantitative estimate of drug-likeness (QED) is 0.896. The summed E-state index contributed by atoms with van der Waals surface area (Å²) in [5, 5.41) is 6.42. The molecular formula is C18H28N2O2. The molecule has 2 unspecified atom stereocenters. The first-order valence-corrected chi connectivity index (χ1v) is 7.95. The lowest BCUT2D eigenvalue weighted by molar-refractivity contribution is 0.0522. The summed E-state index contributed by atoms with van der Waals surface area (Å²) in [4.78, 5) is 11.7. The molecule has 122 valence electrons. The molecule has 0 aliphatic heterocycles. The summed E-state index contributed by atoms with van der Waals surface area (Å²) in [6, 6.07) is 5.00. The second-order valence-electron chi connectivity index (χ2n) is 7.34. The van der Waals surface area contributed by atoms with Gasteiger partial charge in [0.15, 0.2) is 0 Å². The van der Waals surface area contributed by atoms with E-state index in [1.165, 1.54) is 22.3 Å². The number of hydrogen-bond acceptors (Lipinski definition) is 3. The SMILES string of the molecule is Cc1cc(C)c(CNC2CC2NC(=O)OC(C)(C)C)cc1C. The molecule has 1 aromatic carbocycles. The monoisotopic (exact) mass is 304 g/mol. The lowest BCUT2D eigenvalue weighted by Gasteiger charge is -2.19. The predicted molar refractivity (Wildman–Crippen MR) is 89.1 cm³/mol. The van der Waals surface area contributed by atoms with Crippen molar-refractivity contribution in [2.24, 2.45) is 0 Å². The lowest BCUT2D eigenvalue weighted by atomic mass is 10.0. The van der Waals surface area contributed by atoms with Gasteiger partial charge >= 0.3 is 6.09 Å². The maximum Gasteiger partial charge on any atom is 0.407 e. The van der Waals surface area contributed by atoms with Crippen molar-refractivity contribution in [3.8, 4) is 0 Å². The van der Waals surface area contributed by atoms with E-state index >= 15 is 0 Å². The third-order valence-electron chi connectivity index (χ3n) is 4.00. The second-order valence-corrected chi connectivity index (χ2v) is 7.34. The Kier molecular flexibility index (Phi) is 4.81. The fourth-order valence-electron chi connectivity index (χ4n) is 2.49. The molecular weight excluding hydrogens is 276 g/mol. The van der Waals surface area contributed by atoms with Gasteiger partial charge < -0.3 is 15.4 Å². The van der Waals surface area contributed by atoms with E-state index < -0.39 is 5.60 Å². The van der Waals surface area contributed by atoms with Crippen molar-refractivity contribution in [3.63, 3.8) is 0 Å². The minimum absolute atomic E-state index is 0.182. The number of aryl methyl sites for hydroxylation is 3. The van der Waals surface area contributed by atoms with Crippen LogP contribution in [0.2, 0.25) is 0 Å². The van der Waals surface area contributed by atoms with E-state index in [0.717, 1.165) is 13.0 Å². The van der Waals surface area contributed by atoms with Gasteiger partial charge in [0.1, 0.15) is 5.60 Å². The summed E-state index contributed by atoms with van der Waals surface area (Å²) >= 11 is 0. The molecule has 1 fully saturated rings. The molecule has 1 amide bonds. The molecule has 0 spiro atoms. The summed E-state index contributed by atoms with van der Waals surface area (Å²) in [6.45, 7) is 12.9. The molecule has 1 aliphatic carbocycles. The average Bonchev–Trinajstić information content (AvgIpc) is 3.08. The van der Waals surface area contributed by atoms with E-state index in [2.05, 4.69) is 43.5 Å². The van der Waals surface area contributed by atoms with Crippen molar-refractivity contribution < 1.29 is 9.53 Å². The molecule has 0 bridgehead atoms. The van der Waals surface area contributed by atoms with Crippen molar-refractivity contribution >= 4 is 6.09 Å². The highest BCUT2D eigenvalue weighted by atomic mass is 16.6. The highest BCUT2D eigenvalue weighted by molar-refractivity contribution is 5.68. The van der Waals surface area contributed by atoms with Crippen molar-refractivity contribution in [2.45, 2.75) is 72.2 Å². The maximum absolute atomic E-state index is 11.7. The molecule has 0 saturated heterocycles. The Morgan fingerprint density at radius 2 is 1.77 bits per heavy atom. The first kappa shape index (κ1) is 16.8. The van der Waals surface area contributed by atoms with Crippen LogP contribution in [0.1, 0.15) is 49.4 Å². The van der Waals surface area contributed by atoms with Crippen LogP contribution in [-0.2, 0) is 11.3 Å². The number of hydrogen-bond donors (Lipinski definition) is 2. The van der Waals surface area contributed by atoms with Gasteiger partial charge in [0.2, 0.25) is 0 Å². The van der Waals surface area contributed by atoms with Crippen molar-refractivity contribution in [1.82, 2.24) is 10.6 Å². The van der Waals surface area contributed by atoms with Gasteiger partial charge in [-0.1, -0.05) is 12.1 Å².